The van der Waals surface area contributed by atoms with E-state index in [1.54, 1.807) is 6.92 Å². The summed E-state index contributed by atoms with van der Waals surface area (Å²) in [5.41, 5.74) is -0.816. The molecule has 2 saturated heterocycles. The lowest BCUT2D eigenvalue weighted by molar-refractivity contribution is -0.280. The van der Waals surface area contributed by atoms with Gasteiger partial charge in [-0.1, -0.05) is 27.2 Å². The fourth-order valence-electron chi connectivity index (χ4n) is 6.17. The van der Waals surface area contributed by atoms with Gasteiger partial charge in [0.05, 0.1) is 18.1 Å². The minimum Gasteiger partial charge on any atom is -0.481 e. The zero-order valence-electron chi connectivity index (χ0n) is 16.2. The van der Waals surface area contributed by atoms with Crippen molar-refractivity contribution >= 4 is 11.8 Å². The van der Waals surface area contributed by atoms with Crippen molar-refractivity contribution in [2.75, 3.05) is 0 Å². The van der Waals surface area contributed by atoms with Crippen LogP contribution in [-0.4, -0.2) is 34.4 Å². The van der Waals surface area contributed by atoms with Crippen molar-refractivity contribution in [3.8, 4) is 0 Å². The molecule has 3 fully saturated rings. The lowest BCUT2D eigenvalue weighted by atomic mass is 9.53. The van der Waals surface area contributed by atoms with E-state index in [0.29, 0.717) is 19.3 Å². The molecule has 5 unspecified atom stereocenters. The summed E-state index contributed by atoms with van der Waals surface area (Å²) < 4.78 is 13.0. The quantitative estimate of drug-likeness (QED) is 0.830. The molecule has 3 rings (SSSR count). The summed E-state index contributed by atoms with van der Waals surface area (Å²) in [6.45, 7) is 10.3. The first kappa shape index (κ1) is 18.8. The van der Waals surface area contributed by atoms with Crippen LogP contribution in [0.1, 0.15) is 79.6 Å². The molecule has 142 valence electrons. The highest BCUT2D eigenvalue weighted by molar-refractivity contribution is 5.76. The van der Waals surface area contributed by atoms with E-state index in [1.807, 2.05) is 6.92 Å². The summed E-state index contributed by atoms with van der Waals surface area (Å²) in [6.07, 6.45) is 4.85. The summed E-state index contributed by atoms with van der Waals surface area (Å²) >= 11 is 0. The van der Waals surface area contributed by atoms with Crippen LogP contribution in [0.5, 0.6) is 0 Å². The van der Waals surface area contributed by atoms with Gasteiger partial charge in [0.2, 0.25) is 0 Å². The molecule has 0 bridgehead atoms. The maximum Gasteiger partial charge on any atom is 0.306 e. The number of fused-ring (bicyclic) bond motifs is 2. The monoisotopic (exact) mass is 352 g/mol. The summed E-state index contributed by atoms with van der Waals surface area (Å²) in [7, 11) is 0. The highest BCUT2D eigenvalue weighted by atomic mass is 16.7. The normalized spacial score (nSPS) is 45.5. The van der Waals surface area contributed by atoms with Gasteiger partial charge in [-0.15, -0.1) is 0 Å². The molecular weight excluding hydrogens is 320 g/mol. The highest BCUT2D eigenvalue weighted by Crippen LogP contribution is 2.68. The Hall–Kier alpha value is -0.940. The molecule has 5 atom stereocenters. The summed E-state index contributed by atoms with van der Waals surface area (Å²) in [5, 5.41) is 9.26. The van der Waals surface area contributed by atoms with Gasteiger partial charge < -0.3 is 14.6 Å². The van der Waals surface area contributed by atoms with Crippen LogP contribution in [0.2, 0.25) is 0 Å². The van der Waals surface area contributed by atoms with Crippen LogP contribution in [0.4, 0.5) is 0 Å². The molecule has 0 amide bonds. The molecule has 5 nitrogen and oxygen atoms in total. The lowest BCUT2D eigenvalue weighted by Gasteiger charge is -2.51. The number of carboxylic acid groups (broad SMARTS) is 1. The Labute approximate surface area is 150 Å². The minimum atomic E-state index is -0.844. The second-order valence-electron chi connectivity index (χ2n) is 9.68. The van der Waals surface area contributed by atoms with Gasteiger partial charge in [0.15, 0.2) is 5.79 Å². The molecule has 25 heavy (non-hydrogen) atoms. The Bertz CT molecular complexity index is 585. The molecule has 1 saturated carbocycles. The Balaban J connectivity index is 1.98. The second kappa shape index (κ2) is 5.78. The van der Waals surface area contributed by atoms with E-state index in [4.69, 9.17) is 9.47 Å². The van der Waals surface area contributed by atoms with Gasteiger partial charge in [0.1, 0.15) is 5.78 Å². The van der Waals surface area contributed by atoms with Gasteiger partial charge in [-0.2, -0.15) is 0 Å². The molecular formula is C20H32O5. The van der Waals surface area contributed by atoms with E-state index >= 15 is 0 Å². The molecule has 3 aliphatic rings. The number of carbonyl (C=O) groups excluding carboxylic acids is 1. The number of rotatable bonds is 4. The Morgan fingerprint density at radius 2 is 1.76 bits per heavy atom. The standard InChI is InChI=1S/C20H32O5/c1-13(21)11-14-16-17(2,3)7-6-8-19(16,5)20(24-14)10-9-18(4,25-20)12-15(22)23/h14,16H,6-12H2,1-5H3,(H,22,23). The third-order valence-corrected chi connectivity index (χ3v) is 7.04. The highest BCUT2D eigenvalue weighted by Gasteiger charge is 2.70. The fraction of sp³-hybridized carbons (Fsp3) is 0.900. The maximum absolute atomic E-state index is 11.9. The van der Waals surface area contributed by atoms with Crippen molar-refractivity contribution in [3.05, 3.63) is 0 Å². The van der Waals surface area contributed by atoms with Crippen molar-refractivity contribution in [2.45, 2.75) is 97.1 Å². The first-order valence-electron chi connectivity index (χ1n) is 9.52. The number of hydrogen-bond acceptors (Lipinski definition) is 4. The number of ether oxygens (including phenoxy) is 2. The molecule has 1 N–H and O–H groups in total. The number of Topliss-reactive ketones (excluding diaryl/α,β-unsaturated/α-hetero) is 1. The molecule has 0 aromatic carbocycles. The SMILES string of the molecule is CC(=O)CC1OC2(CCC(C)(CC(=O)O)O2)C2(C)CCCC(C)(C)C12. The third kappa shape index (κ3) is 2.93. The fourth-order valence-corrected chi connectivity index (χ4v) is 6.17. The summed E-state index contributed by atoms with van der Waals surface area (Å²) in [6, 6.07) is 0. The van der Waals surface area contributed by atoms with Crippen molar-refractivity contribution in [1.29, 1.82) is 0 Å². The van der Waals surface area contributed by atoms with Crippen LogP contribution in [0.25, 0.3) is 0 Å². The Morgan fingerprint density at radius 3 is 2.36 bits per heavy atom. The molecule has 2 heterocycles. The smallest absolute Gasteiger partial charge is 0.306 e. The van der Waals surface area contributed by atoms with Gasteiger partial charge in [-0.25, -0.2) is 0 Å². The molecule has 0 aromatic heterocycles. The van der Waals surface area contributed by atoms with Crippen molar-refractivity contribution in [3.63, 3.8) is 0 Å². The van der Waals surface area contributed by atoms with Crippen LogP contribution >= 0.6 is 0 Å². The lowest BCUT2D eigenvalue weighted by Crippen LogP contribution is -2.52. The first-order valence-corrected chi connectivity index (χ1v) is 9.52. The van der Waals surface area contributed by atoms with Gasteiger partial charge in [-0.05, 0) is 38.5 Å². The van der Waals surface area contributed by atoms with Gasteiger partial charge >= 0.3 is 5.97 Å². The predicted molar refractivity (Wildman–Crippen MR) is 93.1 cm³/mol. The van der Waals surface area contributed by atoms with E-state index in [0.717, 1.165) is 19.3 Å². The number of carboxylic acids is 1. The third-order valence-electron chi connectivity index (χ3n) is 7.04. The van der Waals surface area contributed by atoms with Crippen LogP contribution in [-0.2, 0) is 19.1 Å². The molecule has 2 aliphatic heterocycles. The van der Waals surface area contributed by atoms with Crippen molar-refractivity contribution in [2.24, 2.45) is 16.7 Å². The van der Waals surface area contributed by atoms with Crippen molar-refractivity contribution < 1.29 is 24.2 Å². The van der Waals surface area contributed by atoms with Crippen LogP contribution in [0.15, 0.2) is 0 Å². The topological polar surface area (TPSA) is 72.8 Å². The number of hydrogen-bond donors (Lipinski definition) is 1. The van der Waals surface area contributed by atoms with E-state index in [2.05, 4.69) is 20.8 Å². The molecule has 0 aromatic rings. The minimum absolute atomic E-state index is 0.0143. The van der Waals surface area contributed by atoms with Crippen molar-refractivity contribution in [1.82, 2.24) is 0 Å². The summed E-state index contributed by atoms with van der Waals surface area (Å²) in [4.78, 5) is 23.1. The van der Waals surface area contributed by atoms with Gasteiger partial charge in [0.25, 0.3) is 0 Å². The van der Waals surface area contributed by atoms with Crippen LogP contribution in [0, 0.1) is 16.7 Å². The summed E-state index contributed by atoms with van der Waals surface area (Å²) in [5.74, 6) is -1.23. The van der Waals surface area contributed by atoms with E-state index in [-0.39, 0.29) is 35.1 Å². The average Bonchev–Trinajstić information content (AvgIpc) is 2.85. The molecule has 1 spiro atoms. The number of aliphatic carboxylic acids is 1. The molecule has 0 radical (unpaired) electrons. The van der Waals surface area contributed by atoms with Gasteiger partial charge in [-0.3, -0.25) is 9.59 Å². The van der Waals surface area contributed by atoms with E-state index in [9.17, 15) is 14.7 Å². The van der Waals surface area contributed by atoms with E-state index in [1.165, 1.54) is 0 Å². The Morgan fingerprint density at radius 1 is 1.08 bits per heavy atom. The Kier molecular flexibility index (Phi) is 4.36. The molecule has 1 aliphatic carbocycles. The maximum atomic E-state index is 11.9. The average molecular weight is 352 g/mol. The van der Waals surface area contributed by atoms with Crippen LogP contribution < -0.4 is 0 Å². The van der Waals surface area contributed by atoms with Gasteiger partial charge in [0, 0.05) is 24.2 Å². The first-order chi connectivity index (χ1) is 11.4. The largest absolute Gasteiger partial charge is 0.481 e. The molecule has 5 heteroatoms. The zero-order valence-corrected chi connectivity index (χ0v) is 16.2. The number of carbonyl (C=O) groups is 2. The predicted octanol–water partition coefficient (Wildman–Crippen LogP) is 3.94. The van der Waals surface area contributed by atoms with Crippen LogP contribution in [0.3, 0.4) is 0 Å². The number of ketones is 1. The second-order valence-corrected chi connectivity index (χ2v) is 9.68. The zero-order chi connectivity index (χ0) is 18.7. The van der Waals surface area contributed by atoms with E-state index < -0.39 is 17.4 Å².